The number of rotatable bonds is 4. The van der Waals surface area contributed by atoms with Gasteiger partial charge >= 0.3 is 0 Å². The van der Waals surface area contributed by atoms with Crippen LogP contribution in [0.2, 0.25) is 0 Å². The van der Waals surface area contributed by atoms with Gasteiger partial charge in [-0.15, -0.1) is 0 Å². The largest absolute Gasteiger partial charge is 0.369 e. The summed E-state index contributed by atoms with van der Waals surface area (Å²) in [5.41, 5.74) is 5.28. The summed E-state index contributed by atoms with van der Waals surface area (Å²) in [6, 6.07) is 16.7. The van der Waals surface area contributed by atoms with Gasteiger partial charge in [-0.3, -0.25) is 4.79 Å². The van der Waals surface area contributed by atoms with Crippen LogP contribution in [0.3, 0.4) is 0 Å². The molecule has 1 aliphatic heterocycles. The van der Waals surface area contributed by atoms with Crippen LogP contribution < -0.4 is 10.3 Å². The molecule has 0 bridgehead atoms. The molecule has 0 aliphatic carbocycles. The summed E-state index contributed by atoms with van der Waals surface area (Å²) in [4.78, 5) is 14.4. The summed E-state index contributed by atoms with van der Waals surface area (Å²) in [5, 5.41) is 6.09. The maximum absolute atomic E-state index is 14.5. The minimum absolute atomic E-state index is 0.255. The molecule has 4 nitrogen and oxygen atoms in total. The highest BCUT2D eigenvalue weighted by molar-refractivity contribution is 5.99. The van der Waals surface area contributed by atoms with Crippen LogP contribution in [0.1, 0.15) is 34.3 Å². The number of anilines is 1. The van der Waals surface area contributed by atoms with Gasteiger partial charge in [0.05, 0.1) is 11.9 Å². The summed E-state index contributed by atoms with van der Waals surface area (Å²) < 4.78 is 14.5. The standard InChI is InChI=1S/C23H22FN3O/c1-16-12-22(27-10-4-5-11-27)21(24)14-20(16)15-25-26-23(28)19-9-8-17-6-2-3-7-18(17)13-19/h2-3,6-9,12-15H,4-5,10-11H2,1H3,(H,26,28). The lowest BCUT2D eigenvalue weighted by molar-refractivity contribution is 0.0955. The number of hydrogen-bond donors (Lipinski definition) is 1. The highest BCUT2D eigenvalue weighted by Crippen LogP contribution is 2.26. The second-order valence-electron chi connectivity index (χ2n) is 7.12. The molecule has 0 saturated carbocycles. The van der Waals surface area contributed by atoms with Gasteiger partial charge in [-0.05, 0) is 60.4 Å². The Hall–Kier alpha value is -3.21. The zero-order valence-electron chi connectivity index (χ0n) is 15.8. The van der Waals surface area contributed by atoms with Crippen molar-refractivity contribution < 1.29 is 9.18 Å². The molecular formula is C23H22FN3O. The fourth-order valence-corrected chi connectivity index (χ4v) is 3.58. The van der Waals surface area contributed by atoms with Crippen molar-refractivity contribution in [1.82, 2.24) is 5.43 Å². The first kappa shape index (κ1) is 18.2. The molecule has 4 rings (SSSR count). The molecule has 5 heteroatoms. The van der Waals surface area contributed by atoms with E-state index in [0.717, 1.165) is 42.3 Å². The summed E-state index contributed by atoms with van der Waals surface area (Å²) in [6.45, 7) is 3.71. The van der Waals surface area contributed by atoms with E-state index in [1.807, 2.05) is 49.4 Å². The second kappa shape index (κ2) is 7.80. The highest BCUT2D eigenvalue weighted by Gasteiger charge is 2.17. The number of nitrogens with one attached hydrogen (secondary N) is 1. The third-order valence-electron chi connectivity index (χ3n) is 5.16. The summed E-state index contributed by atoms with van der Waals surface area (Å²) in [6.07, 6.45) is 3.69. The maximum Gasteiger partial charge on any atom is 0.271 e. The van der Waals surface area contributed by atoms with Gasteiger partial charge in [0, 0.05) is 24.2 Å². The van der Waals surface area contributed by atoms with E-state index in [2.05, 4.69) is 15.4 Å². The Balaban J connectivity index is 1.47. The number of carbonyl (C=O) groups excluding carboxylic acids is 1. The van der Waals surface area contributed by atoms with Crippen molar-refractivity contribution >= 4 is 28.6 Å². The molecule has 0 atom stereocenters. The van der Waals surface area contributed by atoms with Crippen molar-refractivity contribution in [3.8, 4) is 0 Å². The van der Waals surface area contributed by atoms with Gasteiger partial charge in [-0.2, -0.15) is 5.10 Å². The predicted octanol–water partition coefficient (Wildman–Crippen LogP) is 4.65. The first-order chi connectivity index (χ1) is 13.6. The zero-order valence-corrected chi connectivity index (χ0v) is 15.8. The van der Waals surface area contributed by atoms with Crippen LogP contribution in [0.25, 0.3) is 10.8 Å². The van der Waals surface area contributed by atoms with E-state index in [9.17, 15) is 9.18 Å². The van der Waals surface area contributed by atoms with Gasteiger partial charge in [-0.25, -0.2) is 9.82 Å². The van der Waals surface area contributed by atoms with Crippen LogP contribution >= 0.6 is 0 Å². The Kier molecular flexibility index (Phi) is 5.06. The molecule has 1 fully saturated rings. The van der Waals surface area contributed by atoms with Gasteiger partial charge in [0.15, 0.2) is 0 Å². The molecule has 1 amide bonds. The second-order valence-corrected chi connectivity index (χ2v) is 7.12. The molecule has 1 aliphatic rings. The van der Waals surface area contributed by atoms with E-state index in [1.165, 1.54) is 12.3 Å². The molecular weight excluding hydrogens is 353 g/mol. The first-order valence-electron chi connectivity index (χ1n) is 9.49. The van der Waals surface area contributed by atoms with Crippen LogP contribution in [0.4, 0.5) is 10.1 Å². The fourth-order valence-electron chi connectivity index (χ4n) is 3.58. The molecule has 3 aromatic carbocycles. The molecule has 1 saturated heterocycles. The monoisotopic (exact) mass is 375 g/mol. The number of aryl methyl sites for hydroxylation is 1. The van der Waals surface area contributed by atoms with Crippen molar-refractivity contribution in [3.05, 3.63) is 77.1 Å². The number of benzene rings is 3. The SMILES string of the molecule is Cc1cc(N2CCCC2)c(F)cc1C=NNC(=O)c1ccc2ccccc2c1. The van der Waals surface area contributed by atoms with Crippen LogP contribution in [0, 0.1) is 12.7 Å². The van der Waals surface area contributed by atoms with Crippen LogP contribution in [-0.4, -0.2) is 25.2 Å². The fraction of sp³-hybridized carbons (Fsp3) is 0.217. The average Bonchev–Trinajstić information content (AvgIpc) is 3.24. The Labute approximate surface area is 163 Å². The number of fused-ring (bicyclic) bond motifs is 1. The third-order valence-corrected chi connectivity index (χ3v) is 5.16. The van der Waals surface area contributed by atoms with Gasteiger partial charge in [0.25, 0.3) is 5.91 Å². The first-order valence-corrected chi connectivity index (χ1v) is 9.49. The van der Waals surface area contributed by atoms with Crippen LogP contribution in [0.15, 0.2) is 59.7 Å². The van der Waals surface area contributed by atoms with E-state index in [4.69, 9.17) is 0 Å². The minimum atomic E-state index is -0.297. The minimum Gasteiger partial charge on any atom is -0.369 e. The molecule has 1 N–H and O–H groups in total. The molecule has 3 aromatic rings. The van der Waals surface area contributed by atoms with Gasteiger partial charge in [0.2, 0.25) is 0 Å². The molecule has 142 valence electrons. The summed E-state index contributed by atoms with van der Waals surface area (Å²) in [7, 11) is 0. The summed E-state index contributed by atoms with van der Waals surface area (Å²) in [5.74, 6) is -0.552. The molecule has 0 unspecified atom stereocenters. The smallest absolute Gasteiger partial charge is 0.271 e. The quantitative estimate of drug-likeness (QED) is 0.533. The lowest BCUT2D eigenvalue weighted by Gasteiger charge is -2.19. The van der Waals surface area contributed by atoms with Crippen molar-refractivity contribution in [2.24, 2.45) is 5.10 Å². The van der Waals surface area contributed by atoms with E-state index in [0.29, 0.717) is 16.8 Å². The van der Waals surface area contributed by atoms with Crippen molar-refractivity contribution in [3.63, 3.8) is 0 Å². The van der Waals surface area contributed by atoms with Gasteiger partial charge in [0.1, 0.15) is 5.82 Å². The molecule has 0 aromatic heterocycles. The third kappa shape index (κ3) is 3.74. The molecule has 1 heterocycles. The van der Waals surface area contributed by atoms with E-state index < -0.39 is 0 Å². The topological polar surface area (TPSA) is 44.7 Å². The Morgan fingerprint density at radius 2 is 1.82 bits per heavy atom. The van der Waals surface area contributed by atoms with Crippen molar-refractivity contribution in [2.45, 2.75) is 19.8 Å². The Bertz CT molecular complexity index is 1050. The summed E-state index contributed by atoms with van der Waals surface area (Å²) >= 11 is 0. The lowest BCUT2D eigenvalue weighted by Crippen LogP contribution is -2.19. The number of hydrazone groups is 1. The van der Waals surface area contributed by atoms with E-state index >= 15 is 0 Å². The number of amides is 1. The highest BCUT2D eigenvalue weighted by atomic mass is 19.1. The average molecular weight is 375 g/mol. The number of halogens is 1. The lowest BCUT2D eigenvalue weighted by atomic mass is 10.1. The van der Waals surface area contributed by atoms with Crippen LogP contribution in [0.5, 0.6) is 0 Å². The predicted molar refractivity (Wildman–Crippen MR) is 112 cm³/mol. The van der Waals surface area contributed by atoms with Gasteiger partial charge < -0.3 is 4.90 Å². The normalized spacial score (nSPS) is 14.1. The number of hydrogen-bond acceptors (Lipinski definition) is 3. The van der Waals surface area contributed by atoms with Crippen molar-refractivity contribution in [1.29, 1.82) is 0 Å². The van der Waals surface area contributed by atoms with Crippen LogP contribution in [-0.2, 0) is 0 Å². The molecule has 28 heavy (non-hydrogen) atoms. The Morgan fingerprint density at radius 3 is 2.61 bits per heavy atom. The molecule has 0 spiro atoms. The molecule has 0 radical (unpaired) electrons. The van der Waals surface area contributed by atoms with Crippen molar-refractivity contribution in [2.75, 3.05) is 18.0 Å². The van der Waals surface area contributed by atoms with E-state index in [-0.39, 0.29) is 11.7 Å². The zero-order chi connectivity index (χ0) is 19.5. The number of carbonyl (C=O) groups is 1. The Morgan fingerprint density at radius 1 is 1.07 bits per heavy atom. The van der Waals surface area contributed by atoms with Gasteiger partial charge in [-0.1, -0.05) is 30.3 Å². The number of nitrogens with zero attached hydrogens (tertiary/aromatic N) is 2. The maximum atomic E-state index is 14.5. The van der Waals surface area contributed by atoms with E-state index in [1.54, 1.807) is 6.07 Å².